The van der Waals surface area contributed by atoms with Crippen LogP contribution >= 0.6 is 19.2 Å². The Kier molecular flexibility index (Phi) is 5.33. The highest BCUT2D eigenvalue weighted by molar-refractivity contribution is 7.56. The highest BCUT2D eigenvalue weighted by Gasteiger charge is 2.25. The number of rotatable bonds is 4. The van der Waals surface area contributed by atoms with Crippen LogP contribution in [0.3, 0.4) is 0 Å². The molecule has 0 aromatic rings. The first kappa shape index (κ1) is 15.4. The van der Waals surface area contributed by atoms with E-state index in [1.54, 1.807) is 6.16 Å². The molecule has 0 bridgehead atoms. The Balaban J connectivity index is 4.68. The maximum absolute atomic E-state index is 12.3. The molecule has 0 aliphatic rings. The Labute approximate surface area is 98.0 Å². The molecule has 1 unspecified atom stereocenters. The molecule has 0 aliphatic heterocycles. The highest BCUT2D eigenvalue weighted by atomic mass is 35.5. The topological polar surface area (TPSA) is 35.5 Å². The molecule has 0 radical (unpaired) electrons. The molecule has 0 spiro atoms. The summed E-state index contributed by atoms with van der Waals surface area (Å²) >= 11 is 5.45. The Bertz CT molecular complexity index is 220. The fraction of sp³-hybridized carbons (Fsp3) is 0.900. The van der Waals surface area contributed by atoms with Crippen molar-refractivity contribution < 1.29 is 13.6 Å². The van der Waals surface area contributed by atoms with Crippen molar-refractivity contribution in [1.82, 2.24) is 0 Å². The van der Waals surface area contributed by atoms with Gasteiger partial charge < -0.3 is 9.05 Å². The van der Waals surface area contributed by atoms with Crippen LogP contribution in [-0.4, -0.2) is 11.7 Å². The minimum Gasteiger partial charge on any atom is -0.325 e. The standard InChI is InChI=1S/C10H21ClO3P/c1-9(2,3)7-15(12,13-8-11)14-10(4,5)6/h7H,8H2,1-6H3/q-1. The van der Waals surface area contributed by atoms with E-state index in [4.69, 9.17) is 20.6 Å². The van der Waals surface area contributed by atoms with Crippen LogP contribution in [0.15, 0.2) is 0 Å². The fourth-order valence-corrected chi connectivity index (χ4v) is 3.45. The van der Waals surface area contributed by atoms with Crippen LogP contribution in [0.2, 0.25) is 0 Å². The van der Waals surface area contributed by atoms with Gasteiger partial charge in [-0.25, -0.2) is 6.16 Å². The molecule has 3 nitrogen and oxygen atoms in total. The van der Waals surface area contributed by atoms with Crippen LogP contribution in [0.25, 0.3) is 0 Å². The first-order valence-corrected chi connectivity index (χ1v) is 7.00. The molecule has 0 saturated heterocycles. The summed E-state index contributed by atoms with van der Waals surface area (Å²) in [5, 5.41) is 0. The molecule has 0 heterocycles. The molecular weight excluding hydrogens is 235 g/mol. The van der Waals surface area contributed by atoms with Gasteiger partial charge in [0.1, 0.15) is 6.07 Å². The van der Waals surface area contributed by atoms with E-state index in [0.29, 0.717) is 0 Å². The first-order chi connectivity index (χ1) is 6.47. The van der Waals surface area contributed by atoms with Crippen LogP contribution in [0.5, 0.6) is 0 Å². The summed E-state index contributed by atoms with van der Waals surface area (Å²) in [6, 6.07) is -0.139. The lowest BCUT2D eigenvalue weighted by Gasteiger charge is -2.39. The van der Waals surface area contributed by atoms with Gasteiger partial charge in [0, 0.05) is 0 Å². The largest absolute Gasteiger partial charge is 0.325 e. The van der Waals surface area contributed by atoms with Crippen LogP contribution < -0.4 is 0 Å². The summed E-state index contributed by atoms with van der Waals surface area (Å²) in [5.41, 5.74) is -0.768. The van der Waals surface area contributed by atoms with E-state index in [1.807, 2.05) is 41.5 Å². The second-order valence-electron chi connectivity index (χ2n) is 5.48. The lowest BCUT2D eigenvalue weighted by atomic mass is 10.0. The lowest BCUT2D eigenvalue weighted by molar-refractivity contribution is 0.101. The Morgan fingerprint density at radius 3 is 1.93 bits per heavy atom. The number of hydrogen-bond acceptors (Lipinski definition) is 3. The van der Waals surface area contributed by atoms with Gasteiger partial charge in [-0.05, 0) is 20.8 Å². The molecule has 0 aromatic heterocycles. The summed E-state index contributed by atoms with van der Waals surface area (Å²) in [6.07, 6.45) is 1.59. The quantitative estimate of drug-likeness (QED) is 0.424. The molecular formula is C10H21ClO3P-. The zero-order valence-electron chi connectivity index (χ0n) is 10.3. The third-order valence-corrected chi connectivity index (χ3v) is 3.82. The van der Waals surface area contributed by atoms with Gasteiger partial charge in [-0.15, -0.1) is 0 Å². The van der Waals surface area contributed by atoms with Gasteiger partial charge in [0.2, 0.25) is 0 Å². The maximum atomic E-state index is 12.3. The van der Waals surface area contributed by atoms with Crippen LogP contribution in [0, 0.1) is 11.6 Å². The Morgan fingerprint density at radius 1 is 1.20 bits per heavy atom. The predicted molar refractivity (Wildman–Crippen MR) is 64.0 cm³/mol. The van der Waals surface area contributed by atoms with Crippen molar-refractivity contribution in [2.24, 2.45) is 5.41 Å². The van der Waals surface area contributed by atoms with E-state index in [9.17, 15) is 4.57 Å². The van der Waals surface area contributed by atoms with Crippen molar-refractivity contribution in [3.05, 3.63) is 6.16 Å². The van der Waals surface area contributed by atoms with Crippen molar-refractivity contribution in [1.29, 1.82) is 0 Å². The van der Waals surface area contributed by atoms with Crippen molar-refractivity contribution >= 4 is 19.2 Å². The molecule has 0 aromatic carbocycles. The summed E-state index contributed by atoms with van der Waals surface area (Å²) in [5.74, 6) is 0. The molecule has 0 aliphatic carbocycles. The van der Waals surface area contributed by atoms with Crippen LogP contribution in [0.4, 0.5) is 0 Å². The first-order valence-electron chi connectivity index (χ1n) is 4.85. The summed E-state index contributed by atoms with van der Waals surface area (Å²) in [6.45, 7) is 11.3. The van der Waals surface area contributed by atoms with Gasteiger partial charge in [-0.2, -0.15) is 5.41 Å². The second kappa shape index (κ2) is 5.18. The number of hydrogen-bond donors (Lipinski definition) is 0. The zero-order chi connectivity index (χ0) is 12.3. The average molecular weight is 256 g/mol. The summed E-state index contributed by atoms with van der Waals surface area (Å²) in [4.78, 5) is 0. The van der Waals surface area contributed by atoms with Crippen molar-refractivity contribution in [2.45, 2.75) is 47.1 Å². The fourth-order valence-electron chi connectivity index (χ4n) is 1.01. The van der Waals surface area contributed by atoms with Crippen molar-refractivity contribution in [3.8, 4) is 0 Å². The van der Waals surface area contributed by atoms with Gasteiger partial charge in [0.15, 0.2) is 7.60 Å². The summed E-state index contributed by atoms with van der Waals surface area (Å²) in [7, 11) is -3.22. The SMILES string of the molecule is CC(C)(C)[CH-]P(=O)(OCCl)OC(C)(C)C. The smallest absolute Gasteiger partial charge is 0.189 e. The predicted octanol–water partition coefficient (Wildman–Crippen LogP) is 4.42. The molecule has 92 valence electrons. The highest BCUT2D eigenvalue weighted by Crippen LogP contribution is 2.58. The van der Waals surface area contributed by atoms with Crippen LogP contribution in [0.1, 0.15) is 41.5 Å². The third-order valence-electron chi connectivity index (χ3n) is 1.18. The van der Waals surface area contributed by atoms with Gasteiger partial charge in [0.05, 0.1) is 5.60 Å². The zero-order valence-corrected chi connectivity index (χ0v) is 12.0. The van der Waals surface area contributed by atoms with Crippen molar-refractivity contribution in [2.75, 3.05) is 6.07 Å². The Morgan fingerprint density at radius 2 is 1.67 bits per heavy atom. The number of halogens is 1. The van der Waals surface area contributed by atoms with E-state index in [0.717, 1.165) is 0 Å². The minimum atomic E-state index is -3.22. The third kappa shape index (κ3) is 8.27. The van der Waals surface area contributed by atoms with Crippen LogP contribution in [-0.2, 0) is 13.6 Å². The monoisotopic (exact) mass is 255 g/mol. The van der Waals surface area contributed by atoms with E-state index >= 15 is 0 Å². The maximum Gasteiger partial charge on any atom is 0.189 e. The molecule has 15 heavy (non-hydrogen) atoms. The van der Waals surface area contributed by atoms with E-state index in [-0.39, 0.29) is 11.5 Å². The summed E-state index contributed by atoms with van der Waals surface area (Å²) < 4.78 is 22.7. The van der Waals surface area contributed by atoms with E-state index in [1.165, 1.54) is 0 Å². The molecule has 0 fully saturated rings. The van der Waals surface area contributed by atoms with E-state index in [2.05, 4.69) is 0 Å². The Hall–Kier alpha value is 0.440. The van der Waals surface area contributed by atoms with Gasteiger partial charge in [-0.3, -0.25) is 4.57 Å². The van der Waals surface area contributed by atoms with Gasteiger partial charge in [0.25, 0.3) is 0 Å². The second-order valence-corrected chi connectivity index (χ2v) is 7.47. The molecule has 0 saturated carbocycles. The minimum absolute atomic E-state index is 0.139. The lowest BCUT2D eigenvalue weighted by Crippen LogP contribution is -2.20. The average Bonchev–Trinajstić information content (AvgIpc) is 1.74. The molecule has 0 amide bonds. The van der Waals surface area contributed by atoms with Crippen molar-refractivity contribution in [3.63, 3.8) is 0 Å². The normalized spacial score (nSPS) is 17.5. The van der Waals surface area contributed by atoms with Gasteiger partial charge >= 0.3 is 0 Å². The number of alkyl halides is 1. The van der Waals surface area contributed by atoms with Gasteiger partial charge in [-0.1, -0.05) is 32.4 Å². The molecule has 0 rings (SSSR count). The molecule has 0 N–H and O–H groups in total. The molecule has 1 atom stereocenters. The molecule has 5 heteroatoms. The van der Waals surface area contributed by atoms with E-state index < -0.39 is 13.2 Å².